The second kappa shape index (κ2) is 6.87. The van der Waals surface area contributed by atoms with E-state index in [-0.39, 0.29) is 30.9 Å². The molecule has 0 aromatic heterocycles. The maximum absolute atomic E-state index is 9.36. The molecular weight excluding hydrogens is 276 g/mol. The Morgan fingerprint density at radius 3 is 2.85 bits per heavy atom. The van der Waals surface area contributed by atoms with Crippen molar-refractivity contribution >= 4 is 11.6 Å². The largest absolute Gasteiger partial charge is 0.394 e. The Morgan fingerprint density at radius 2 is 2.25 bits per heavy atom. The number of aliphatic hydroxyl groups is 1. The van der Waals surface area contributed by atoms with E-state index >= 15 is 0 Å². The number of morpholine rings is 1. The van der Waals surface area contributed by atoms with E-state index < -0.39 is 0 Å². The Kier molecular flexibility index (Phi) is 5.41. The maximum atomic E-state index is 9.36. The van der Waals surface area contributed by atoms with Gasteiger partial charge >= 0.3 is 0 Å². The minimum atomic E-state index is -0.154. The van der Waals surface area contributed by atoms with Gasteiger partial charge in [-0.2, -0.15) is 0 Å². The molecule has 0 amide bonds. The average Bonchev–Trinajstić information content (AvgIpc) is 2.37. The molecular formula is C15H23ClN2O2. The lowest BCUT2D eigenvalue weighted by molar-refractivity contribution is -0.107. The fourth-order valence-corrected chi connectivity index (χ4v) is 3.15. The van der Waals surface area contributed by atoms with Crippen molar-refractivity contribution in [1.82, 2.24) is 4.90 Å². The highest BCUT2D eigenvalue weighted by Gasteiger charge is 2.32. The van der Waals surface area contributed by atoms with E-state index in [0.717, 1.165) is 12.1 Å². The normalized spacial score (nSPS) is 27.2. The van der Waals surface area contributed by atoms with E-state index in [9.17, 15) is 5.11 Å². The molecule has 4 nitrogen and oxygen atoms in total. The van der Waals surface area contributed by atoms with Gasteiger partial charge < -0.3 is 15.6 Å². The molecule has 20 heavy (non-hydrogen) atoms. The summed E-state index contributed by atoms with van der Waals surface area (Å²) in [6.07, 6.45) is -0.0690. The predicted molar refractivity (Wildman–Crippen MR) is 80.8 cm³/mol. The third-order valence-electron chi connectivity index (χ3n) is 3.64. The summed E-state index contributed by atoms with van der Waals surface area (Å²) in [5, 5.41) is 10.1. The molecule has 1 aliphatic rings. The van der Waals surface area contributed by atoms with Crippen molar-refractivity contribution in [2.24, 2.45) is 5.73 Å². The second-order valence-electron chi connectivity index (χ2n) is 5.56. The first-order valence-electron chi connectivity index (χ1n) is 7.02. The van der Waals surface area contributed by atoms with Crippen LogP contribution in [0.15, 0.2) is 24.3 Å². The van der Waals surface area contributed by atoms with Crippen LogP contribution < -0.4 is 5.73 Å². The number of nitrogens with zero attached hydrogens (tertiary/aromatic N) is 1. The molecule has 1 aromatic rings. The topological polar surface area (TPSA) is 58.7 Å². The van der Waals surface area contributed by atoms with Gasteiger partial charge in [-0.15, -0.1) is 0 Å². The second-order valence-corrected chi connectivity index (χ2v) is 6.00. The molecule has 4 unspecified atom stereocenters. The van der Waals surface area contributed by atoms with Gasteiger partial charge in [0.05, 0.1) is 18.8 Å². The van der Waals surface area contributed by atoms with Crippen LogP contribution in [0, 0.1) is 0 Å². The summed E-state index contributed by atoms with van der Waals surface area (Å²) in [5.41, 5.74) is 7.30. The van der Waals surface area contributed by atoms with Gasteiger partial charge in [0, 0.05) is 30.2 Å². The molecule has 5 heteroatoms. The van der Waals surface area contributed by atoms with Gasteiger partial charge in [-0.3, -0.25) is 4.90 Å². The van der Waals surface area contributed by atoms with Gasteiger partial charge in [0.25, 0.3) is 0 Å². The molecule has 2 rings (SSSR count). The molecule has 1 fully saturated rings. The number of hydrogen-bond donors (Lipinski definition) is 2. The van der Waals surface area contributed by atoms with Gasteiger partial charge in [0.15, 0.2) is 0 Å². The summed E-state index contributed by atoms with van der Waals surface area (Å²) in [5.74, 6) is 0. The zero-order valence-electron chi connectivity index (χ0n) is 12.0. The fraction of sp³-hybridized carbons (Fsp3) is 0.600. The average molecular weight is 299 g/mol. The minimum absolute atomic E-state index is 0.0295. The Morgan fingerprint density at radius 1 is 1.50 bits per heavy atom. The van der Waals surface area contributed by atoms with Crippen molar-refractivity contribution in [3.05, 3.63) is 34.9 Å². The van der Waals surface area contributed by atoms with Crippen LogP contribution in [0.5, 0.6) is 0 Å². The van der Waals surface area contributed by atoms with Crippen molar-refractivity contribution in [2.75, 3.05) is 19.7 Å². The molecule has 0 saturated carbocycles. The molecule has 0 spiro atoms. The predicted octanol–water partition coefficient (Wildman–Crippen LogP) is 1.81. The summed E-state index contributed by atoms with van der Waals surface area (Å²) in [7, 11) is 0. The van der Waals surface area contributed by atoms with Crippen LogP contribution in [-0.4, -0.2) is 48.0 Å². The van der Waals surface area contributed by atoms with Crippen LogP contribution >= 0.6 is 11.6 Å². The van der Waals surface area contributed by atoms with Crippen LogP contribution in [0.4, 0.5) is 0 Å². The number of hydrogen-bond acceptors (Lipinski definition) is 4. The van der Waals surface area contributed by atoms with Crippen molar-refractivity contribution in [3.8, 4) is 0 Å². The molecule has 1 aromatic carbocycles. The van der Waals surface area contributed by atoms with Crippen molar-refractivity contribution in [2.45, 2.75) is 38.1 Å². The molecule has 0 radical (unpaired) electrons. The quantitative estimate of drug-likeness (QED) is 0.890. The van der Waals surface area contributed by atoms with Gasteiger partial charge in [-0.25, -0.2) is 0 Å². The van der Waals surface area contributed by atoms with Crippen LogP contribution in [0.3, 0.4) is 0 Å². The summed E-state index contributed by atoms with van der Waals surface area (Å²) in [6, 6.07) is 7.87. The van der Waals surface area contributed by atoms with Crippen molar-refractivity contribution < 1.29 is 9.84 Å². The number of ether oxygens (including phenoxy) is 1. The highest BCUT2D eigenvalue weighted by molar-refractivity contribution is 6.30. The zero-order valence-corrected chi connectivity index (χ0v) is 12.8. The standard InChI is InChI=1S/C15H23ClN2O2/c1-10-7-18(8-14(9-19)20-10)15(11(2)17)12-4-3-5-13(16)6-12/h3-6,10-11,14-15,19H,7-9,17H2,1-2H3. The molecule has 0 aliphatic carbocycles. The molecule has 0 bridgehead atoms. The van der Waals surface area contributed by atoms with E-state index in [0.29, 0.717) is 11.6 Å². The Bertz CT molecular complexity index is 442. The third-order valence-corrected chi connectivity index (χ3v) is 3.87. The van der Waals surface area contributed by atoms with Crippen molar-refractivity contribution in [3.63, 3.8) is 0 Å². The highest BCUT2D eigenvalue weighted by Crippen LogP contribution is 2.28. The first kappa shape index (κ1) is 15.7. The number of rotatable bonds is 4. The van der Waals surface area contributed by atoms with Gasteiger partial charge in [-0.05, 0) is 31.5 Å². The van der Waals surface area contributed by atoms with Gasteiger partial charge in [0.2, 0.25) is 0 Å². The first-order valence-corrected chi connectivity index (χ1v) is 7.40. The molecule has 3 N–H and O–H groups in total. The van der Waals surface area contributed by atoms with Crippen LogP contribution in [0.25, 0.3) is 0 Å². The van der Waals surface area contributed by atoms with Gasteiger partial charge in [-0.1, -0.05) is 23.7 Å². The number of benzene rings is 1. The molecule has 4 atom stereocenters. The highest BCUT2D eigenvalue weighted by atomic mass is 35.5. The summed E-state index contributed by atoms with van der Waals surface area (Å²) < 4.78 is 5.70. The van der Waals surface area contributed by atoms with E-state index in [4.69, 9.17) is 22.1 Å². The number of nitrogens with two attached hydrogens (primary N) is 1. The van der Waals surface area contributed by atoms with Crippen molar-refractivity contribution in [1.29, 1.82) is 0 Å². The molecule has 1 aliphatic heterocycles. The van der Waals surface area contributed by atoms with Crippen LogP contribution in [-0.2, 0) is 4.74 Å². The fourth-order valence-electron chi connectivity index (χ4n) is 2.95. The lowest BCUT2D eigenvalue weighted by Gasteiger charge is -2.42. The molecule has 112 valence electrons. The Hall–Kier alpha value is -0.650. The SMILES string of the molecule is CC1CN(C(c2cccc(Cl)c2)C(C)N)CC(CO)O1. The monoisotopic (exact) mass is 298 g/mol. The van der Waals surface area contributed by atoms with E-state index in [1.54, 1.807) is 0 Å². The maximum Gasteiger partial charge on any atom is 0.0936 e. The Labute approximate surface area is 125 Å². The summed E-state index contributed by atoms with van der Waals surface area (Å²) in [4.78, 5) is 2.28. The summed E-state index contributed by atoms with van der Waals surface area (Å²) in [6.45, 7) is 5.53. The Balaban J connectivity index is 2.24. The molecule has 1 saturated heterocycles. The van der Waals surface area contributed by atoms with E-state index in [2.05, 4.69) is 4.90 Å². The number of aliphatic hydroxyl groups excluding tert-OH is 1. The minimum Gasteiger partial charge on any atom is -0.394 e. The van der Waals surface area contributed by atoms with E-state index in [1.165, 1.54) is 0 Å². The van der Waals surface area contributed by atoms with E-state index in [1.807, 2.05) is 38.1 Å². The molecule has 1 heterocycles. The smallest absolute Gasteiger partial charge is 0.0936 e. The first-order chi connectivity index (χ1) is 9.51. The zero-order chi connectivity index (χ0) is 14.7. The van der Waals surface area contributed by atoms with Gasteiger partial charge in [0.1, 0.15) is 0 Å². The van der Waals surface area contributed by atoms with Crippen LogP contribution in [0.1, 0.15) is 25.5 Å². The summed E-state index contributed by atoms with van der Waals surface area (Å²) >= 11 is 6.09. The third kappa shape index (κ3) is 3.71. The lowest BCUT2D eigenvalue weighted by Crippen LogP contribution is -2.52. The number of halogens is 1. The van der Waals surface area contributed by atoms with Crippen LogP contribution in [0.2, 0.25) is 5.02 Å². The lowest BCUT2D eigenvalue weighted by atomic mass is 9.97.